The van der Waals surface area contributed by atoms with Gasteiger partial charge >= 0.3 is 0 Å². The van der Waals surface area contributed by atoms with E-state index >= 15 is 0 Å². The molecule has 0 radical (unpaired) electrons. The van der Waals surface area contributed by atoms with E-state index in [0.29, 0.717) is 17.8 Å². The monoisotopic (exact) mass is 241 g/mol. The number of amides is 1. The molecule has 0 spiro atoms. The molecule has 17 heavy (non-hydrogen) atoms. The SMILES string of the molecule is CC(C)(C)CCCC(=O)N1CCCC(CO)C1. The highest BCUT2D eigenvalue weighted by Gasteiger charge is 2.23. The number of aliphatic hydroxyl groups is 1. The summed E-state index contributed by atoms with van der Waals surface area (Å²) in [6.07, 6.45) is 4.83. The van der Waals surface area contributed by atoms with E-state index in [1.54, 1.807) is 0 Å². The summed E-state index contributed by atoms with van der Waals surface area (Å²) in [4.78, 5) is 13.9. The Morgan fingerprint density at radius 1 is 1.41 bits per heavy atom. The average molecular weight is 241 g/mol. The summed E-state index contributed by atoms with van der Waals surface area (Å²) < 4.78 is 0. The fourth-order valence-corrected chi connectivity index (χ4v) is 2.37. The first kappa shape index (κ1) is 14.5. The number of carbonyl (C=O) groups is 1. The minimum Gasteiger partial charge on any atom is -0.396 e. The van der Waals surface area contributed by atoms with E-state index in [1.165, 1.54) is 0 Å². The lowest BCUT2D eigenvalue weighted by Crippen LogP contribution is -2.40. The number of carbonyl (C=O) groups excluding carboxylic acids is 1. The van der Waals surface area contributed by atoms with Gasteiger partial charge in [0.25, 0.3) is 0 Å². The molecule has 1 saturated heterocycles. The standard InChI is InChI=1S/C14H27NO2/c1-14(2,3)8-4-7-13(17)15-9-5-6-12(10-15)11-16/h12,16H,4-11H2,1-3H3. The molecule has 1 amide bonds. The van der Waals surface area contributed by atoms with Crippen LogP contribution < -0.4 is 0 Å². The first-order chi connectivity index (χ1) is 7.92. The molecule has 3 heteroatoms. The van der Waals surface area contributed by atoms with E-state index in [2.05, 4.69) is 20.8 Å². The molecular weight excluding hydrogens is 214 g/mol. The van der Waals surface area contributed by atoms with Gasteiger partial charge < -0.3 is 10.0 Å². The highest BCUT2D eigenvalue weighted by atomic mass is 16.3. The molecule has 1 fully saturated rings. The van der Waals surface area contributed by atoms with Crippen LogP contribution in [0.3, 0.4) is 0 Å². The molecule has 1 N–H and O–H groups in total. The van der Waals surface area contributed by atoms with Gasteiger partial charge in [-0.1, -0.05) is 20.8 Å². The van der Waals surface area contributed by atoms with Crippen LogP contribution in [0.5, 0.6) is 0 Å². The van der Waals surface area contributed by atoms with Gasteiger partial charge in [0.05, 0.1) is 0 Å². The van der Waals surface area contributed by atoms with E-state index in [9.17, 15) is 4.79 Å². The fraction of sp³-hybridized carbons (Fsp3) is 0.929. The number of hydrogen-bond acceptors (Lipinski definition) is 2. The van der Waals surface area contributed by atoms with Crippen molar-refractivity contribution in [1.29, 1.82) is 0 Å². The van der Waals surface area contributed by atoms with Gasteiger partial charge in [0.15, 0.2) is 0 Å². The Morgan fingerprint density at radius 2 is 2.12 bits per heavy atom. The molecule has 0 bridgehead atoms. The zero-order valence-corrected chi connectivity index (χ0v) is 11.5. The van der Waals surface area contributed by atoms with Crippen molar-refractivity contribution in [3.63, 3.8) is 0 Å². The van der Waals surface area contributed by atoms with E-state index in [4.69, 9.17) is 5.11 Å². The van der Waals surface area contributed by atoms with Gasteiger partial charge in [0.1, 0.15) is 0 Å². The van der Waals surface area contributed by atoms with Crippen LogP contribution in [0.15, 0.2) is 0 Å². The lowest BCUT2D eigenvalue weighted by molar-refractivity contribution is -0.133. The Hall–Kier alpha value is -0.570. The molecule has 0 saturated carbocycles. The quantitative estimate of drug-likeness (QED) is 0.821. The molecule has 1 atom stereocenters. The Morgan fingerprint density at radius 3 is 2.71 bits per heavy atom. The van der Waals surface area contributed by atoms with Crippen molar-refractivity contribution >= 4 is 5.91 Å². The minimum atomic E-state index is 0.214. The van der Waals surface area contributed by atoms with Crippen molar-refractivity contribution in [2.24, 2.45) is 11.3 Å². The third-order valence-electron chi connectivity index (χ3n) is 3.45. The summed E-state index contributed by atoms with van der Waals surface area (Å²) in [6.45, 7) is 8.47. The van der Waals surface area contributed by atoms with Gasteiger partial charge in [0.2, 0.25) is 5.91 Å². The van der Waals surface area contributed by atoms with Gasteiger partial charge in [-0.25, -0.2) is 0 Å². The van der Waals surface area contributed by atoms with E-state index in [0.717, 1.165) is 38.8 Å². The number of hydrogen-bond donors (Lipinski definition) is 1. The smallest absolute Gasteiger partial charge is 0.222 e. The summed E-state index contributed by atoms with van der Waals surface area (Å²) >= 11 is 0. The van der Waals surface area contributed by atoms with Crippen molar-refractivity contribution in [3.05, 3.63) is 0 Å². The van der Waals surface area contributed by atoms with Crippen LogP contribution in [0.25, 0.3) is 0 Å². The topological polar surface area (TPSA) is 40.5 Å². The molecule has 1 aliphatic rings. The largest absolute Gasteiger partial charge is 0.396 e. The Bertz CT molecular complexity index is 245. The summed E-state index contributed by atoms with van der Waals surface area (Å²) in [7, 11) is 0. The molecule has 1 unspecified atom stereocenters. The zero-order valence-electron chi connectivity index (χ0n) is 11.5. The molecule has 1 aliphatic heterocycles. The van der Waals surface area contributed by atoms with Crippen LogP contribution in [0.1, 0.15) is 52.9 Å². The predicted molar refractivity (Wildman–Crippen MR) is 69.7 cm³/mol. The average Bonchev–Trinajstić information content (AvgIpc) is 2.27. The van der Waals surface area contributed by atoms with E-state index in [-0.39, 0.29) is 12.5 Å². The number of piperidine rings is 1. The third kappa shape index (κ3) is 5.53. The summed E-state index contributed by atoms with van der Waals surface area (Å²) in [5.74, 6) is 0.572. The normalized spacial score (nSPS) is 21.6. The fourth-order valence-electron chi connectivity index (χ4n) is 2.37. The minimum absolute atomic E-state index is 0.214. The molecule has 100 valence electrons. The van der Waals surface area contributed by atoms with Gasteiger partial charge in [-0.05, 0) is 37.0 Å². The highest BCUT2D eigenvalue weighted by molar-refractivity contribution is 5.76. The van der Waals surface area contributed by atoms with Crippen LogP contribution in [0, 0.1) is 11.3 Å². The van der Waals surface area contributed by atoms with Gasteiger partial charge in [-0.3, -0.25) is 4.79 Å². The highest BCUT2D eigenvalue weighted by Crippen LogP contribution is 2.23. The first-order valence-corrected chi connectivity index (χ1v) is 6.81. The van der Waals surface area contributed by atoms with Crippen molar-refractivity contribution in [3.8, 4) is 0 Å². The van der Waals surface area contributed by atoms with Crippen LogP contribution in [-0.4, -0.2) is 35.6 Å². The summed E-state index contributed by atoms with van der Waals surface area (Å²) in [5.41, 5.74) is 0.315. The number of likely N-dealkylation sites (tertiary alicyclic amines) is 1. The maximum atomic E-state index is 12.0. The Balaban J connectivity index is 2.27. The molecule has 3 nitrogen and oxygen atoms in total. The van der Waals surface area contributed by atoms with Gasteiger partial charge in [-0.15, -0.1) is 0 Å². The van der Waals surface area contributed by atoms with Gasteiger partial charge in [-0.2, -0.15) is 0 Å². The lowest BCUT2D eigenvalue weighted by atomic mass is 9.89. The van der Waals surface area contributed by atoms with Crippen LogP contribution >= 0.6 is 0 Å². The second-order valence-corrected chi connectivity index (χ2v) is 6.44. The van der Waals surface area contributed by atoms with Crippen LogP contribution in [-0.2, 0) is 4.79 Å². The predicted octanol–water partition coefficient (Wildman–Crippen LogP) is 2.43. The Kier molecular flexibility index (Phi) is 5.44. The zero-order chi connectivity index (χ0) is 12.9. The third-order valence-corrected chi connectivity index (χ3v) is 3.45. The van der Waals surface area contributed by atoms with Crippen molar-refractivity contribution in [2.75, 3.05) is 19.7 Å². The number of rotatable bonds is 4. The molecule has 0 aromatic carbocycles. The maximum absolute atomic E-state index is 12.0. The molecule has 0 aromatic rings. The second kappa shape index (κ2) is 6.39. The van der Waals surface area contributed by atoms with Crippen molar-refractivity contribution in [1.82, 2.24) is 4.90 Å². The first-order valence-electron chi connectivity index (χ1n) is 6.81. The lowest BCUT2D eigenvalue weighted by Gasteiger charge is -2.32. The number of nitrogens with zero attached hydrogens (tertiary/aromatic N) is 1. The van der Waals surface area contributed by atoms with Crippen LogP contribution in [0.4, 0.5) is 0 Å². The van der Waals surface area contributed by atoms with E-state index < -0.39 is 0 Å². The molecule has 0 aliphatic carbocycles. The Labute approximate surface area is 105 Å². The van der Waals surface area contributed by atoms with Gasteiger partial charge in [0, 0.05) is 26.1 Å². The summed E-state index contributed by atoms with van der Waals surface area (Å²) in [6, 6.07) is 0. The van der Waals surface area contributed by atoms with Crippen molar-refractivity contribution < 1.29 is 9.90 Å². The second-order valence-electron chi connectivity index (χ2n) is 6.44. The van der Waals surface area contributed by atoms with Crippen LogP contribution in [0.2, 0.25) is 0 Å². The maximum Gasteiger partial charge on any atom is 0.222 e. The van der Waals surface area contributed by atoms with Crippen molar-refractivity contribution in [2.45, 2.75) is 52.9 Å². The number of aliphatic hydroxyl groups excluding tert-OH is 1. The van der Waals surface area contributed by atoms with E-state index in [1.807, 2.05) is 4.90 Å². The molecule has 0 aromatic heterocycles. The molecular formula is C14H27NO2. The summed E-state index contributed by atoms with van der Waals surface area (Å²) in [5, 5.41) is 9.14. The molecule has 1 rings (SSSR count). The molecule has 1 heterocycles.